The normalized spacial score (nSPS) is 11.0. The van der Waals surface area contributed by atoms with E-state index in [1.807, 2.05) is 37.3 Å². The van der Waals surface area contributed by atoms with Gasteiger partial charge in [-0.1, -0.05) is 37.3 Å². The van der Waals surface area contributed by atoms with Crippen LogP contribution in [0.3, 0.4) is 0 Å². The molecule has 0 aliphatic heterocycles. The van der Waals surface area contributed by atoms with Gasteiger partial charge < -0.3 is 0 Å². The molecule has 0 saturated carbocycles. The van der Waals surface area contributed by atoms with Gasteiger partial charge in [0.15, 0.2) is 0 Å². The first-order valence-corrected chi connectivity index (χ1v) is 9.62. The van der Waals surface area contributed by atoms with Crippen molar-refractivity contribution in [3.05, 3.63) is 64.1 Å². The van der Waals surface area contributed by atoms with E-state index in [1.165, 1.54) is 4.31 Å². The Labute approximate surface area is 145 Å². The summed E-state index contributed by atoms with van der Waals surface area (Å²) in [4.78, 5) is 0. The van der Waals surface area contributed by atoms with Gasteiger partial charge in [-0.2, -0.15) is 5.26 Å². The highest BCUT2D eigenvalue weighted by molar-refractivity contribution is 9.10. The van der Waals surface area contributed by atoms with Crippen LogP contribution in [0.1, 0.15) is 24.5 Å². The average molecular weight is 393 g/mol. The lowest BCUT2D eigenvalue weighted by molar-refractivity contribution is 0.589. The maximum Gasteiger partial charge on any atom is 0.235 e. The van der Waals surface area contributed by atoms with Crippen LogP contribution in [0, 0.1) is 11.3 Å². The summed E-state index contributed by atoms with van der Waals surface area (Å²) in [5, 5.41) is 9.17. The molecular weight excluding hydrogens is 376 g/mol. The molecule has 2 aromatic carbocycles. The fraction of sp³-hybridized carbons (Fsp3) is 0.235. The standard InChI is InChI=1S/C17H17BrN2O2S/c1-2-10-23(21,22)20(13-14-6-4-3-5-7-14)16-8-9-17(18)15(11-16)12-19/h3-9,11H,2,10,13H2,1H3. The number of hydrogen-bond acceptors (Lipinski definition) is 3. The molecule has 0 spiro atoms. The van der Waals surface area contributed by atoms with E-state index in [9.17, 15) is 13.7 Å². The molecule has 0 aromatic heterocycles. The van der Waals surface area contributed by atoms with Crippen molar-refractivity contribution in [1.82, 2.24) is 0 Å². The van der Waals surface area contributed by atoms with Gasteiger partial charge in [0.05, 0.1) is 23.5 Å². The van der Waals surface area contributed by atoms with Gasteiger partial charge in [-0.05, 0) is 46.1 Å². The first kappa shape index (κ1) is 17.5. The molecule has 0 aliphatic carbocycles. The van der Waals surface area contributed by atoms with E-state index >= 15 is 0 Å². The topological polar surface area (TPSA) is 61.2 Å². The summed E-state index contributed by atoms with van der Waals surface area (Å²) in [5.74, 6) is 0.0672. The number of nitriles is 1. The monoisotopic (exact) mass is 392 g/mol. The molecule has 0 saturated heterocycles. The lowest BCUT2D eigenvalue weighted by Gasteiger charge is -2.25. The maximum atomic E-state index is 12.7. The summed E-state index contributed by atoms with van der Waals surface area (Å²) in [6.07, 6.45) is 0.537. The Morgan fingerprint density at radius 2 is 1.87 bits per heavy atom. The van der Waals surface area contributed by atoms with Crippen LogP contribution in [-0.4, -0.2) is 14.2 Å². The van der Waals surface area contributed by atoms with Crippen LogP contribution < -0.4 is 4.31 Å². The molecule has 2 rings (SSSR count). The zero-order valence-corrected chi connectivity index (χ0v) is 15.1. The van der Waals surface area contributed by atoms with Crippen molar-refractivity contribution in [2.75, 3.05) is 10.1 Å². The first-order chi connectivity index (χ1) is 11.0. The maximum absolute atomic E-state index is 12.7. The molecule has 120 valence electrons. The highest BCUT2D eigenvalue weighted by Gasteiger charge is 2.22. The molecule has 2 aromatic rings. The third-order valence-electron chi connectivity index (χ3n) is 3.33. The third kappa shape index (κ3) is 4.34. The summed E-state index contributed by atoms with van der Waals surface area (Å²) in [6.45, 7) is 2.08. The van der Waals surface area contributed by atoms with Crippen molar-refractivity contribution in [2.24, 2.45) is 0 Å². The summed E-state index contributed by atoms with van der Waals surface area (Å²) < 4.78 is 27.3. The fourth-order valence-corrected chi connectivity index (χ4v) is 4.07. The number of sulfonamides is 1. The van der Waals surface area contributed by atoms with Crippen molar-refractivity contribution in [1.29, 1.82) is 5.26 Å². The van der Waals surface area contributed by atoms with Gasteiger partial charge in [0.1, 0.15) is 6.07 Å². The van der Waals surface area contributed by atoms with Gasteiger partial charge in [-0.25, -0.2) is 8.42 Å². The Morgan fingerprint density at radius 1 is 1.17 bits per heavy atom. The molecule has 0 unspecified atom stereocenters. The molecule has 4 nitrogen and oxygen atoms in total. The van der Waals surface area contributed by atoms with Gasteiger partial charge >= 0.3 is 0 Å². The van der Waals surface area contributed by atoms with E-state index in [0.717, 1.165) is 5.56 Å². The van der Waals surface area contributed by atoms with Crippen LogP contribution in [-0.2, 0) is 16.6 Å². The Morgan fingerprint density at radius 3 is 2.48 bits per heavy atom. The smallest absolute Gasteiger partial charge is 0.235 e. The predicted octanol–water partition coefficient (Wildman–Crippen LogP) is 4.07. The van der Waals surface area contributed by atoms with Crippen LogP contribution in [0.5, 0.6) is 0 Å². The second-order valence-electron chi connectivity index (χ2n) is 5.08. The predicted molar refractivity (Wildman–Crippen MR) is 95.6 cm³/mol. The van der Waals surface area contributed by atoms with Crippen LogP contribution in [0.2, 0.25) is 0 Å². The molecule has 0 aliphatic rings. The summed E-state index contributed by atoms with van der Waals surface area (Å²) in [5.41, 5.74) is 1.81. The lowest BCUT2D eigenvalue weighted by Crippen LogP contribution is -2.32. The van der Waals surface area contributed by atoms with E-state index in [1.54, 1.807) is 18.2 Å². The van der Waals surface area contributed by atoms with Crippen molar-refractivity contribution in [2.45, 2.75) is 19.9 Å². The van der Waals surface area contributed by atoms with Gasteiger partial charge in [-0.15, -0.1) is 0 Å². The number of anilines is 1. The number of nitrogens with zero attached hydrogens (tertiary/aromatic N) is 2. The Balaban J connectivity index is 2.48. The SMILES string of the molecule is CCCS(=O)(=O)N(Cc1ccccc1)c1ccc(Br)c(C#N)c1. The Bertz CT molecular complexity index is 814. The molecule has 0 amide bonds. The van der Waals surface area contributed by atoms with Crippen molar-refractivity contribution in [3.8, 4) is 6.07 Å². The van der Waals surface area contributed by atoms with Crippen LogP contribution in [0.15, 0.2) is 53.0 Å². The molecule has 0 bridgehead atoms. The minimum Gasteiger partial charge on any atom is -0.266 e. The lowest BCUT2D eigenvalue weighted by atomic mass is 10.2. The minimum atomic E-state index is -3.45. The highest BCUT2D eigenvalue weighted by atomic mass is 79.9. The number of rotatable bonds is 6. The summed E-state index contributed by atoms with van der Waals surface area (Å²) in [7, 11) is -3.45. The fourth-order valence-electron chi connectivity index (χ4n) is 2.22. The molecule has 0 atom stereocenters. The second kappa shape index (κ2) is 7.62. The molecule has 0 radical (unpaired) electrons. The third-order valence-corrected chi connectivity index (χ3v) is 5.95. The first-order valence-electron chi connectivity index (χ1n) is 7.22. The van der Waals surface area contributed by atoms with Gasteiger partial charge in [0.25, 0.3) is 0 Å². The average Bonchev–Trinajstić information content (AvgIpc) is 2.54. The number of benzene rings is 2. The van der Waals surface area contributed by atoms with E-state index in [2.05, 4.69) is 22.0 Å². The largest absolute Gasteiger partial charge is 0.266 e. The Kier molecular flexibility index (Phi) is 5.80. The van der Waals surface area contributed by atoms with Gasteiger partial charge in [0.2, 0.25) is 10.0 Å². The number of halogens is 1. The molecule has 23 heavy (non-hydrogen) atoms. The van der Waals surface area contributed by atoms with E-state index in [-0.39, 0.29) is 12.3 Å². The highest BCUT2D eigenvalue weighted by Crippen LogP contribution is 2.27. The minimum absolute atomic E-state index is 0.0672. The van der Waals surface area contributed by atoms with Crippen molar-refractivity contribution in [3.63, 3.8) is 0 Å². The van der Waals surface area contributed by atoms with Crippen LogP contribution in [0.4, 0.5) is 5.69 Å². The van der Waals surface area contributed by atoms with Crippen LogP contribution in [0.25, 0.3) is 0 Å². The van der Waals surface area contributed by atoms with E-state index in [0.29, 0.717) is 22.1 Å². The van der Waals surface area contributed by atoms with Crippen molar-refractivity contribution < 1.29 is 8.42 Å². The summed E-state index contributed by atoms with van der Waals surface area (Å²) in [6, 6.07) is 16.5. The number of hydrogen-bond donors (Lipinski definition) is 0. The van der Waals surface area contributed by atoms with Gasteiger partial charge in [-0.3, -0.25) is 4.31 Å². The van der Waals surface area contributed by atoms with E-state index < -0.39 is 10.0 Å². The zero-order valence-electron chi connectivity index (χ0n) is 12.7. The van der Waals surface area contributed by atoms with Crippen LogP contribution >= 0.6 is 15.9 Å². The molecule has 6 heteroatoms. The molecule has 0 heterocycles. The van der Waals surface area contributed by atoms with Gasteiger partial charge in [0, 0.05) is 4.47 Å². The quantitative estimate of drug-likeness (QED) is 0.744. The second-order valence-corrected chi connectivity index (χ2v) is 7.95. The van der Waals surface area contributed by atoms with Crippen molar-refractivity contribution >= 4 is 31.6 Å². The zero-order chi connectivity index (χ0) is 16.9. The molecule has 0 N–H and O–H groups in total. The Hall–Kier alpha value is -1.84. The molecular formula is C17H17BrN2O2S. The summed E-state index contributed by atoms with van der Waals surface area (Å²) >= 11 is 3.30. The van der Waals surface area contributed by atoms with E-state index in [4.69, 9.17) is 0 Å². The molecule has 0 fully saturated rings.